The second-order valence-electron chi connectivity index (χ2n) is 8.85. The fourth-order valence-corrected chi connectivity index (χ4v) is 6.20. The maximum atomic E-state index is 16.6. The van der Waals surface area contributed by atoms with E-state index in [1.54, 1.807) is 19.1 Å². The minimum atomic E-state index is -2.17. The monoisotopic (exact) mass is 380 g/mol. The Hall–Kier alpha value is -1.69. The van der Waals surface area contributed by atoms with Crippen molar-refractivity contribution in [1.29, 1.82) is 0 Å². The third-order valence-corrected chi connectivity index (χ3v) is 7.66. The summed E-state index contributed by atoms with van der Waals surface area (Å²) in [4.78, 5) is 23.9. The smallest absolute Gasteiger partial charge is 0.171 e. The number of aliphatic hydroxyl groups excluding tert-OH is 1. The van der Waals surface area contributed by atoms with Crippen molar-refractivity contribution in [3.05, 3.63) is 35.7 Å². The summed E-state index contributed by atoms with van der Waals surface area (Å²) >= 11 is 0. The van der Waals surface area contributed by atoms with Gasteiger partial charge < -0.3 is 5.11 Å². The Morgan fingerprint density at radius 2 is 2.04 bits per heavy atom. The van der Waals surface area contributed by atoms with Gasteiger partial charge in [0.05, 0.1) is 6.10 Å². The van der Waals surface area contributed by atoms with Crippen LogP contribution < -0.4 is 0 Å². The maximum Gasteiger partial charge on any atom is 0.171 e. The summed E-state index contributed by atoms with van der Waals surface area (Å²) in [6, 6.07) is 0. The number of carbonyl (C=O) groups excluding carboxylic acids is 2. The Morgan fingerprint density at radius 3 is 2.70 bits per heavy atom. The van der Waals surface area contributed by atoms with E-state index in [2.05, 4.69) is 0 Å². The summed E-state index contributed by atoms with van der Waals surface area (Å²) in [5, 5.41) is 10.9. The largest absolute Gasteiger partial charge is 0.390 e. The van der Waals surface area contributed by atoms with Crippen LogP contribution in [-0.2, 0) is 9.59 Å². The van der Waals surface area contributed by atoms with Crippen LogP contribution >= 0.6 is 0 Å². The Balaban J connectivity index is 1.85. The minimum absolute atomic E-state index is 0.0274. The molecule has 27 heavy (non-hydrogen) atoms. The number of fused-ring (bicyclic) bond motifs is 5. The SMILES string of the molecule is C[C@]12C=CC(=O)CC1=C(F)C[C@H]1[C@@H]3C=CC(C(=O)CF)[C@@]3(C)C[C@H](O)[C@@]12F. The predicted molar refractivity (Wildman–Crippen MR) is 92.8 cm³/mol. The van der Waals surface area contributed by atoms with Gasteiger partial charge in [0, 0.05) is 30.1 Å². The van der Waals surface area contributed by atoms with Gasteiger partial charge in [-0.1, -0.05) is 25.2 Å². The highest BCUT2D eigenvalue weighted by molar-refractivity contribution is 5.93. The Bertz CT molecular complexity index is 815. The van der Waals surface area contributed by atoms with Crippen molar-refractivity contribution >= 4 is 11.6 Å². The van der Waals surface area contributed by atoms with Gasteiger partial charge in [0.25, 0.3) is 0 Å². The molecule has 4 aliphatic carbocycles. The number of rotatable bonds is 2. The molecule has 1 fully saturated rings. The van der Waals surface area contributed by atoms with Crippen molar-refractivity contribution in [2.75, 3.05) is 6.67 Å². The van der Waals surface area contributed by atoms with E-state index >= 15 is 8.78 Å². The second kappa shape index (κ2) is 5.66. The number of carbonyl (C=O) groups is 2. The zero-order valence-corrected chi connectivity index (χ0v) is 15.3. The number of ketones is 2. The normalized spacial score (nSPS) is 48.3. The summed E-state index contributed by atoms with van der Waals surface area (Å²) in [7, 11) is 0. The zero-order chi connectivity index (χ0) is 19.8. The molecule has 1 unspecified atom stereocenters. The van der Waals surface area contributed by atoms with E-state index in [0.29, 0.717) is 0 Å². The first-order chi connectivity index (χ1) is 12.6. The van der Waals surface area contributed by atoms with E-state index in [4.69, 9.17) is 0 Å². The number of allylic oxidation sites excluding steroid dienone is 6. The van der Waals surface area contributed by atoms with E-state index in [1.807, 2.05) is 0 Å². The van der Waals surface area contributed by atoms with Gasteiger partial charge in [-0.25, -0.2) is 13.2 Å². The standard InChI is InChI=1S/C21H23F3O3/c1-19-9-18(27)21(24)14(12(19)3-4-13(19)17(26)10-22)8-16(23)15-7-11(25)5-6-20(15,21)2/h3-6,12-14,18,27H,7-10H2,1-2H3/t12-,13?,14-,18-,19-,20-,21-/m0/s1. The number of aliphatic hydroxyl groups is 1. The lowest BCUT2D eigenvalue weighted by molar-refractivity contribution is -0.187. The van der Waals surface area contributed by atoms with E-state index in [9.17, 15) is 19.1 Å². The Labute approximate surface area is 156 Å². The summed E-state index contributed by atoms with van der Waals surface area (Å²) in [6.45, 7) is 2.16. The third kappa shape index (κ3) is 2.13. The van der Waals surface area contributed by atoms with Gasteiger partial charge in [0.2, 0.25) is 0 Å². The van der Waals surface area contributed by atoms with E-state index in [-0.39, 0.29) is 30.6 Å². The molecular formula is C21H23F3O3. The molecule has 0 radical (unpaired) electrons. The molecule has 4 aliphatic rings. The van der Waals surface area contributed by atoms with Crippen molar-refractivity contribution in [3.8, 4) is 0 Å². The van der Waals surface area contributed by atoms with Gasteiger partial charge >= 0.3 is 0 Å². The molecular weight excluding hydrogens is 357 g/mol. The van der Waals surface area contributed by atoms with Crippen LogP contribution in [0.25, 0.3) is 0 Å². The van der Waals surface area contributed by atoms with Gasteiger partial charge in [-0.2, -0.15) is 0 Å². The molecule has 1 saturated carbocycles. The number of halogens is 3. The number of hydrogen-bond acceptors (Lipinski definition) is 3. The van der Waals surface area contributed by atoms with Gasteiger partial charge in [-0.3, -0.25) is 9.59 Å². The van der Waals surface area contributed by atoms with Crippen LogP contribution in [0.4, 0.5) is 13.2 Å². The highest BCUT2D eigenvalue weighted by atomic mass is 19.1. The summed E-state index contributed by atoms with van der Waals surface area (Å²) in [5.74, 6) is -3.55. The van der Waals surface area contributed by atoms with Gasteiger partial charge in [-0.15, -0.1) is 0 Å². The molecule has 0 spiro atoms. The van der Waals surface area contributed by atoms with Gasteiger partial charge in [-0.05, 0) is 36.3 Å². The average Bonchev–Trinajstić information content (AvgIpc) is 2.95. The number of hydrogen-bond donors (Lipinski definition) is 1. The average molecular weight is 380 g/mol. The quantitative estimate of drug-likeness (QED) is 0.745. The molecule has 7 atom stereocenters. The topological polar surface area (TPSA) is 54.4 Å². The van der Waals surface area contributed by atoms with E-state index in [0.717, 1.165) is 0 Å². The van der Waals surface area contributed by atoms with Crippen LogP contribution in [0.2, 0.25) is 0 Å². The fourth-order valence-electron chi connectivity index (χ4n) is 6.20. The molecule has 0 bridgehead atoms. The molecule has 0 heterocycles. The van der Waals surface area contributed by atoms with Crippen LogP contribution in [0.5, 0.6) is 0 Å². The van der Waals surface area contributed by atoms with Crippen molar-refractivity contribution in [1.82, 2.24) is 0 Å². The molecule has 0 saturated heterocycles. The van der Waals surface area contributed by atoms with Crippen molar-refractivity contribution in [2.24, 2.45) is 28.6 Å². The van der Waals surface area contributed by atoms with Crippen LogP contribution in [0.15, 0.2) is 35.7 Å². The maximum absolute atomic E-state index is 16.6. The molecule has 146 valence electrons. The molecule has 3 nitrogen and oxygen atoms in total. The first-order valence-electron chi connectivity index (χ1n) is 9.33. The van der Waals surface area contributed by atoms with Crippen LogP contribution in [0, 0.1) is 28.6 Å². The molecule has 0 aromatic rings. The molecule has 0 aromatic carbocycles. The highest BCUT2D eigenvalue weighted by Gasteiger charge is 2.70. The number of Topliss-reactive ketones (excluding diaryl/α,β-unsaturated/α-hetero) is 1. The summed E-state index contributed by atoms with van der Waals surface area (Å²) in [6.07, 6.45) is 4.03. The molecule has 6 heteroatoms. The lowest BCUT2D eigenvalue weighted by Crippen LogP contribution is -2.66. The van der Waals surface area contributed by atoms with Crippen molar-refractivity contribution in [3.63, 3.8) is 0 Å². The van der Waals surface area contributed by atoms with Gasteiger partial charge in [0.15, 0.2) is 17.2 Å². The molecule has 0 aromatic heterocycles. The van der Waals surface area contributed by atoms with Gasteiger partial charge in [0.1, 0.15) is 12.5 Å². The second-order valence-corrected chi connectivity index (χ2v) is 8.85. The molecule has 1 N–H and O–H groups in total. The lowest BCUT2D eigenvalue weighted by Gasteiger charge is -2.61. The first-order valence-corrected chi connectivity index (χ1v) is 9.33. The predicted octanol–water partition coefficient (Wildman–Crippen LogP) is 3.59. The van der Waals surface area contributed by atoms with Crippen molar-refractivity contribution < 1.29 is 27.9 Å². The van der Waals surface area contributed by atoms with E-state index in [1.165, 1.54) is 19.1 Å². The highest BCUT2D eigenvalue weighted by Crippen LogP contribution is 2.67. The molecule has 0 aliphatic heterocycles. The number of alkyl halides is 2. The summed E-state index contributed by atoms with van der Waals surface area (Å²) < 4.78 is 44.7. The lowest BCUT2D eigenvalue weighted by atomic mass is 9.45. The van der Waals surface area contributed by atoms with Crippen molar-refractivity contribution in [2.45, 2.75) is 44.9 Å². The first kappa shape index (κ1) is 18.7. The van der Waals surface area contributed by atoms with E-state index < -0.39 is 58.6 Å². The van der Waals surface area contributed by atoms with Crippen LogP contribution in [-0.4, -0.2) is 35.1 Å². The van der Waals surface area contributed by atoms with Crippen LogP contribution in [0.1, 0.15) is 33.1 Å². The third-order valence-electron chi connectivity index (χ3n) is 7.66. The molecule has 4 rings (SSSR count). The summed E-state index contributed by atoms with van der Waals surface area (Å²) in [5.41, 5.74) is -4.34. The van der Waals surface area contributed by atoms with Crippen LogP contribution in [0.3, 0.4) is 0 Å². The Morgan fingerprint density at radius 1 is 1.33 bits per heavy atom. The zero-order valence-electron chi connectivity index (χ0n) is 15.3. The molecule has 0 amide bonds. The Kier molecular flexibility index (Phi) is 3.91. The fraction of sp³-hybridized carbons (Fsp3) is 0.619. The minimum Gasteiger partial charge on any atom is -0.390 e.